The van der Waals surface area contributed by atoms with Gasteiger partial charge in [-0.05, 0) is 35.2 Å². The van der Waals surface area contributed by atoms with Crippen molar-refractivity contribution in [2.75, 3.05) is 11.9 Å². The van der Waals surface area contributed by atoms with Crippen LogP contribution in [0.4, 0.5) is 5.69 Å². The SMILES string of the molecule is O=C(COc1ccc(S(=O)(=O)NCc2ccccc2)cc1Cl)Nc1cccc2ccccc12. The first-order chi connectivity index (χ1) is 15.9. The van der Waals surface area contributed by atoms with Crippen LogP contribution < -0.4 is 14.8 Å². The van der Waals surface area contributed by atoms with Crippen molar-refractivity contribution in [2.24, 2.45) is 0 Å². The molecule has 0 fully saturated rings. The summed E-state index contributed by atoms with van der Waals surface area (Å²) < 4.78 is 33.2. The van der Waals surface area contributed by atoms with E-state index >= 15 is 0 Å². The van der Waals surface area contributed by atoms with E-state index in [1.807, 2.05) is 72.8 Å². The second-order valence-corrected chi connectivity index (χ2v) is 9.44. The number of amides is 1. The molecule has 0 bridgehead atoms. The minimum Gasteiger partial charge on any atom is -0.482 e. The summed E-state index contributed by atoms with van der Waals surface area (Å²) in [6, 6.07) is 26.7. The third-order valence-electron chi connectivity index (χ3n) is 4.95. The van der Waals surface area contributed by atoms with Crippen molar-refractivity contribution in [3.63, 3.8) is 0 Å². The Labute approximate surface area is 197 Å². The van der Waals surface area contributed by atoms with Gasteiger partial charge in [-0.15, -0.1) is 0 Å². The monoisotopic (exact) mass is 480 g/mol. The predicted molar refractivity (Wildman–Crippen MR) is 130 cm³/mol. The number of carbonyl (C=O) groups is 1. The van der Waals surface area contributed by atoms with E-state index < -0.39 is 10.0 Å². The van der Waals surface area contributed by atoms with Crippen LogP contribution in [-0.2, 0) is 21.4 Å². The lowest BCUT2D eigenvalue weighted by Gasteiger charge is -2.12. The molecule has 0 saturated heterocycles. The van der Waals surface area contributed by atoms with E-state index in [0.717, 1.165) is 16.3 Å². The highest BCUT2D eigenvalue weighted by molar-refractivity contribution is 7.89. The van der Waals surface area contributed by atoms with E-state index in [2.05, 4.69) is 10.0 Å². The molecule has 8 heteroatoms. The molecule has 1 amide bonds. The van der Waals surface area contributed by atoms with Gasteiger partial charge in [-0.3, -0.25) is 4.79 Å². The van der Waals surface area contributed by atoms with Crippen LogP contribution in [0.3, 0.4) is 0 Å². The molecular weight excluding hydrogens is 460 g/mol. The molecule has 0 saturated carbocycles. The van der Waals surface area contributed by atoms with Gasteiger partial charge in [-0.25, -0.2) is 13.1 Å². The van der Waals surface area contributed by atoms with E-state index in [-0.39, 0.29) is 34.7 Å². The fraction of sp³-hybridized carbons (Fsp3) is 0.0800. The number of carbonyl (C=O) groups excluding carboxylic acids is 1. The van der Waals surface area contributed by atoms with E-state index in [1.165, 1.54) is 18.2 Å². The van der Waals surface area contributed by atoms with E-state index in [1.54, 1.807) is 0 Å². The normalized spacial score (nSPS) is 11.3. The van der Waals surface area contributed by atoms with Gasteiger partial charge in [0.15, 0.2) is 6.61 Å². The number of fused-ring (bicyclic) bond motifs is 1. The van der Waals surface area contributed by atoms with Crippen LogP contribution in [0.1, 0.15) is 5.56 Å². The summed E-state index contributed by atoms with van der Waals surface area (Å²) >= 11 is 6.23. The lowest BCUT2D eigenvalue weighted by Crippen LogP contribution is -2.23. The highest BCUT2D eigenvalue weighted by Crippen LogP contribution is 2.28. The highest BCUT2D eigenvalue weighted by Gasteiger charge is 2.16. The maximum Gasteiger partial charge on any atom is 0.262 e. The number of nitrogens with one attached hydrogen (secondary N) is 2. The molecule has 0 aliphatic heterocycles. The summed E-state index contributed by atoms with van der Waals surface area (Å²) in [4.78, 5) is 12.4. The highest BCUT2D eigenvalue weighted by atomic mass is 35.5. The Morgan fingerprint density at radius 1 is 0.879 bits per heavy atom. The molecule has 4 aromatic carbocycles. The van der Waals surface area contributed by atoms with E-state index in [9.17, 15) is 13.2 Å². The van der Waals surface area contributed by atoms with Gasteiger partial charge in [0.25, 0.3) is 5.91 Å². The molecule has 168 valence electrons. The van der Waals surface area contributed by atoms with Gasteiger partial charge in [0.1, 0.15) is 5.75 Å². The molecule has 0 aliphatic rings. The van der Waals surface area contributed by atoms with Crippen molar-refractivity contribution in [3.8, 4) is 5.75 Å². The van der Waals surface area contributed by atoms with Crippen LogP contribution in [0.2, 0.25) is 5.02 Å². The molecule has 0 spiro atoms. The van der Waals surface area contributed by atoms with Gasteiger partial charge in [-0.1, -0.05) is 78.3 Å². The number of benzene rings is 4. The van der Waals surface area contributed by atoms with Crippen LogP contribution in [0.15, 0.2) is 95.9 Å². The fourth-order valence-electron chi connectivity index (χ4n) is 3.29. The van der Waals surface area contributed by atoms with Crippen molar-refractivity contribution in [1.82, 2.24) is 4.72 Å². The molecule has 4 rings (SSSR count). The van der Waals surface area contributed by atoms with Gasteiger partial charge in [0.2, 0.25) is 10.0 Å². The number of anilines is 1. The second kappa shape index (κ2) is 10.0. The Balaban J connectivity index is 1.38. The third kappa shape index (κ3) is 5.70. The van der Waals surface area contributed by atoms with Crippen LogP contribution in [0, 0.1) is 0 Å². The smallest absolute Gasteiger partial charge is 0.262 e. The average molecular weight is 481 g/mol. The zero-order chi connectivity index (χ0) is 23.3. The van der Waals surface area contributed by atoms with Crippen molar-refractivity contribution in [1.29, 1.82) is 0 Å². The Morgan fingerprint density at radius 2 is 1.61 bits per heavy atom. The minimum atomic E-state index is -3.76. The second-order valence-electron chi connectivity index (χ2n) is 7.27. The number of rotatable bonds is 8. The quantitative estimate of drug-likeness (QED) is 0.372. The molecule has 0 aliphatic carbocycles. The first kappa shape index (κ1) is 22.8. The third-order valence-corrected chi connectivity index (χ3v) is 6.64. The summed E-state index contributed by atoms with van der Waals surface area (Å²) in [7, 11) is -3.76. The van der Waals surface area contributed by atoms with Crippen LogP contribution in [0.5, 0.6) is 5.75 Å². The van der Waals surface area contributed by atoms with Gasteiger partial charge in [0.05, 0.1) is 9.92 Å². The first-order valence-corrected chi connectivity index (χ1v) is 12.0. The number of ether oxygens (including phenoxy) is 1. The zero-order valence-corrected chi connectivity index (χ0v) is 19.1. The molecule has 0 heterocycles. The number of sulfonamides is 1. The van der Waals surface area contributed by atoms with E-state index in [0.29, 0.717) is 5.69 Å². The minimum absolute atomic E-state index is 0.0102. The van der Waals surface area contributed by atoms with Crippen molar-refractivity contribution in [3.05, 3.63) is 102 Å². The summed E-state index contributed by atoms with van der Waals surface area (Å²) in [6.07, 6.45) is 0. The maximum absolute atomic E-state index is 12.6. The van der Waals surface area contributed by atoms with Crippen molar-refractivity contribution in [2.45, 2.75) is 11.4 Å². The fourth-order valence-corrected chi connectivity index (χ4v) is 4.63. The Kier molecular flexibility index (Phi) is 6.93. The topological polar surface area (TPSA) is 84.5 Å². The molecular formula is C25H21ClN2O4S. The molecule has 0 unspecified atom stereocenters. The van der Waals surface area contributed by atoms with Gasteiger partial charge < -0.3 is 10.1 Å². The summed E-state index contributed by atoms with van der Waals surface area (Å²) in [6.45, 7) is -0.116. The molecule has 33 heavy (non-hydrogen) atoms. The first-order valence-electron chi connectivity index (χ1n) is 10.2. The van der Waals surface area contributed by atoms with Crippen molar-refractivity contribution < 1.29 is 17.9 Å². The molecule has 4 aromatic rings. The average Bonchev–Trinajstić information content (AvgIpc) is 2.83. The molecule has 0 radical (unpaired) electrons. The lowest BCUT2D eigenvalue weighted by atomic mass is 10.1. The Bertz CT molecular complexity index is 1390. The maximum atomic E-state index is 12.6. The van der Waals surface area contributed by atoms with E-state index in [4.69, 9.17) is 16.3 Å². The Morgan fingerprint density at radius 3 is 2.39 bits per heavy atom. The Hall–Kier alpha value is -3.39. The number of hydrogen-bond acceptors (Lipinski definition) is 4. The van der Waals surface area contributed by atoms with Gasteiger partial charge in [-0.2, -0.15) is 0 Å². The van der Waals surface area contributed by atoms with Crippen LogP contribution in [0.25, 0.3) is 10.8 Å². The van der Waals surface area contributed by atoms with Gasteiger partial charge >= 0.3 is 0 Å². The summed E-state index contributed by atoms with van der Waals surface area (Å²) in [5.74, 6) is -0.143. The molecule has 2 N–H and O–H groups in total. The predicted octanol–water partition coefficient (Wildman–Crippen LogP) is 4.99. The molecule has 0 atom stereocenters. The standard InChI is InChI=1S/C25H21ClN2O4S/c26-22-15-20(33(30,31)27-16-18-7-2-1-3-8-18)13-14-24(22)32-17-25(29)28-23-12-6-10-19-9-4-5-11-21(19)23/h1-15,27H,16-17H2,(H,28,29). The largest absolute Gasteiger partial charge is 0.482 e. The van der Waals surface area contributed by atoms with Crippen LogP contribution >= 0.6 is 11.6 Å². The summed E-state index contributed by atoms with van der Waals surface area (Å²) in [5.41, 5.74) is 1.52. The zero-order valence-electron chi connectivity index (χ0n) is 17.5. The van der Waals surface area contributed by atoms with Crippen molar-refractivity contribution >= 4 is 44.0 Å². The molecule has 0 aromatic heterocycles. The lowest BCUT2D eigenvalue weighted by molar-refractivity contribution is -0.118. The number of hydrogen-bond donors (Lipinski definition) is 2. The van der Waals surface area contributed by atoms with Gasteiger partial charge in [0, 0.05) is 17.6 Å². The molecule has 6 nitrogen and oxygen atoms in total. The summed E-state index contributed by atoms with van der Waals surface area (Å²) in [5, 5.41) is 4.85. The number of halogens is 1. The van der Waals surface area contributed by atoms with Crippen LogP contribution in [-0.4, -0.2) is 20.9 Å².